The van der Waals surface area contributed by atoms with Crippen molar-refractivity contribution in [1.82, 2.24) is 10.6 Å². The molecule has 23 heavy (non-hydrogen) atoms. The third kappa shape index (κ3) is 6.03. The van der Waals surface area contributed by atoms with Gasteiger partial charge in [-0.3, -0.25) is 0 Å². The molecule has 1 aromatic rings. The van der Waals surface area contributed by atoms with Crippen molar-refractivity contribution in [2.24, 2.45) is 0 Å². The summed E-state index contributed by atoms with van der Waals surface area (Å²) in [6.45, 7) is -0.178. The molecule has 0 aromatic heterocycles. The summed E-state index contributed by atoms with van der Waals surface area (Å²) in [6, 6.07) is 4.55. The molecule has 0 saturated carbocycles. The quantitative estimate of drug-likeness (QED) is 0.675. The van der Waals surface area contributed by atoms with E-state index in [4.69, 9.17) is 4.74 Å². The van der Waals surface area contributed by atoms with Gasteiger partial charge in [-0.15, -0.1) is 0 Å². The Morgan fingerprint density at radius 2 is 2.26 bits per heavy atom. The standard InChI is InChI=1S/C14H19FN2O5S/c15-10-2-1-3-13(6-10)22-8-12(18)7-16-14(19)17-11-4-5-23(20,21)9-11/h1-3,6,11-12,18H,4-5,7-9H2,(H2,16,17,19)/t11-,12-/m0/s1. The summed E-state index contributed by atoms with van der Waals surface area (Å²) in [5.41, 5.74) is 0. The normalized spacial score (nSPS) is 20.7. The van der Waals surface area contributed by atoms with E-state index in [1.807, 2.05) is 0 Å². The number of urea groups is 1. The van der Waals surface area contributed by atoms with Crippen molar-refractivity contribution >= 4 is 15.9 Å². The van der Waals surface area contributed by atoms with Crippen molar-refractivity contribution in [1.29, 1.82) is 0 Å². The summed E-state index contributed by atoms with van der Waals surface area (Å²) >= 11 is 0. The van der Waals surface area contributed by atoms with E-state index in [2.05, 4.69) is 10.6 Å². The summed E-state index contributed by atoms with van der Waals surface area (Å²) in [5.74, 6) is -0.154. The molecule has 1 saturated heterocycles. The topological polar surface area (TPSA) is 105 Å². The fourth-order valence-electron chi connectivity index (χ4n) is 2.16. The molecule has 0 spiro atoms. The molecule has 0 aliphatic carbocycles. The van der Waals surface area contributed by atoms with Crippen LogP contribution >= 0.6 is 0 Å². The predicted molar refractivity (Wildman–Crippen MR) is 81.5 cm³/mol. The van der Waals surface area contributed by atoms with Crippen LogP contribution in [0.25, 0.3) is 0 Å². The maximum Gasteiger partial charge on any atom is 0.315 e. The Morgan fingerprint density at radius 1 is 1.48 bits per heavy atom. The van der Waals surface area contributed by atoms with Gasteiger partial charge < -0.3 is 20.5 Å². The number of rotatable bonds is 6. The lowest BCUT2D eigenvalue weighted by Crippen LogP contribution is -2.45. The number of sulfone groups is 1. The minimum atomic E-state index is -3.06. The summed E-state index contributed by atoms with van der Waals surface area (Å²) in [6.07, 6.45) is -0.586. The van der Waals surface area contributed by atoms with Gasteiger partial charge in [0.1, 0.15) is 24.3 Å². The van der Waals surface area contributed by atoms with Gasteiger partial charge >= 0.3 is 6.03 Å². The van der Waals surface area contributed by atoms with Crippen LogP contribution in [0.15, 0.2) is 24.3 Å². The highest BCUT2D eigenvalue weighted by Gasteiger charge is 2.28. The monoisotopic (exact) mass is 346 g/mol. The van der Waals surface area contributed by atoms with E-state index in [9.17, 15) is 22.7 Å². The highest BCUT2D eigenvalue weighted by Crippen LogP contribution is 2.12. The number of nitrogens with one attached hydrogen (secondary N) is 2. The summed E-state index contributed by atoms with van der Waals surface area (Å²) in [4.78, 5) is 11.6. The SMILES string of the molecule is O=C(NC[C@H](O)COc1cccc(F)c1)N[C@H]1CCS(=O)(=O)C1. The van der Waals surface area contributed by atoms with Crippen molar-refractivity contribution in [3.8, 4) is 5.75 Å². The third-order valence-corrected chi connectivity index (χ3v) is 5.07. The summed E-state index contributed by atoms with van der Waals surface area (Å²) in [7, 11) is -3.06. The smallest absolute Gasteiger partial charge is 0.315 e. The number of halogens is 1. The zero-order valence-corrected chi connectivity index (χ0v) is 13.2. The number of benzene rings is 1. The highest BCUT2D eigenvalue weighted by molar-refractivity contribution is 7.91. The lowest BCUT2D eigenvalue weighted by atomic mass is 10.3. The van der Waals surface area contributed by atoms with E-state index in [1.54, 1.807) is 6.07 Å². The first-order valence-corrected chi connectivity index (χ1v) is 8.97. The van der Waals surface area contributed by atoms with Gasteiger partial charge in [0.15, 0.2) is 9.84 Å². The highest BCUT2D eigenvalue weighted by atomic mass is 32.2. The average Bonchev–Trinajstić information content (AvgIpc) is 2.82. The van der Waals surface area contributed by atoms with Crippen LogP contribution in [0.2, 0.25) is 0 Å². The van der Waals surface area contributed by atoms with Crippen LogP contribution in [0.3, 0.4) is 0 Å². The molecule has 128 valence electrons. The second kappa shape index (κ2) is 7.60. The van der Waals surface area contributed by atoms with Crippen molar-refractivity contribution in [2.75, 3.05) is 24.7 Å². The third-order valence-electron chi connectivity index (χ3n) is 3.30. The number of ether oxygens (including phenoxy) is 1. The van der Waals surface area contributed by atoms with Crippen LogP contribution in [0, 0.1) is 5.82 Å². The molecule has 2 amide bonds. The zero-order valence-electron chi connectivity index (χ0n) is 12.4. The fourth-order valence-corrected chi connectivity index (χ4v) is 3.84. The Bertz CT molecular complexity index is 652. The molecule has 1 fully saturated rings. The van der Waals surface area contributed by atoms with E-state index in [1.165, 1.54) is 18.2 Å². The molecule has 0 bridgehead atoms. The van der Waals surface area contributed by atoms with Crippen LogP contribution in [-0.4, -0.2) is 56.4 Å². The van der Waals surface area contributed by atoms with Gasteiger partial charge in [0.2, 0.25) is 0 Å². The second-order valence-corrected chi connectivity index (χ2v) is 7.61. The van der Waals surface area contributed by atoms with E-state index in [0.717, 1.165) is 0 Å². The van der Waals surface area contributed by atoms with Gasteiger partial charge in [-0.05, 0) is 18.6 Å². The first-order chi connectivity index (χ1) is 10.8. The number of aliphatic hydroxyl groups is 1. The van der Waals surface area contributed by atoms with E-state index < -0.39 is 33.8 Å². The predicted octanol–water partition coefficient (Wildman–Crippen LogP) is 0.0517. The Kier molecular flexibility index (Phi) is 5.78. The number of hydrogen-bond donors (Lipinski definition) is 3. The molecule has 0 unspecified atom stereocenters. The average molecular weight is 346 g/mol. The van der Waals surface area contributed by atoms with Crippen LogP contribution in [-0.2, 0) is 9.84 Å². The van der Waals surface area contributed by atoms with Gasteiger partial charge in [-0.2, -0.15) is 0 Å². The minimum Gasteiger partial charge on any atom is -0.491 e. The molecule has 2 atom stereocenters. The van der Waals surface area contributed by atoms with Crippen LogP contribution < -0.4 is 15.4 Å². The molecule has 1 aromatic carbocycles. The van der Waals surface area contributed by atoms with Crippen LogP contribution in [0.5, 0.6) is 5.75 Å². The zero-order chi connectivity index (χ0) is 16.9. The lowest BCUT2D eigenvalue weighted by molar-refractivity contribution is 0.107. The summed E-state index contributed by atoms with van der Waals surface area (Å²) < 4.78 is 40.7. The molecule has 7 nitrogen and oxygen atoms in total. The second-order valence-electron chi connectivity index (χ2n) is 5.38. The number of carbonyl (C=O) groups is 1. The Hall–Kier alpha value is -1.87. The fraction of sp³-hybridized carbons (Fsp3) is 0.500. The molecule has 1 aliphatic rings. The van der Waals surface area contributed by atoms with Gasteiger partial charge in [0.25, 0.3) is 0 Å². The van der Waals surface area contributed by atoms with E-state index >= 15 is 0 Å². The van der Waals surface area contributed by atoms with Crippen LogP contribution in [0.4, 0.5) is 9.18 Å². The molecule has 1 aliphatic heterocycles. The van der Waals surface area contributed by atoms with Crippen molar-refractivity contribution in [3.05, 3.63) is 30.1 Å². The van der Waals surface area contributed by atoms with Crippen LogP contribution in [0.1, 0.15) is 6.42 Å². The van der Waals surface area contributed by atoms with Gasteiger partial charge in [-0.25, -0.2) is 17.6 Å². The van der Waals surface area contributed by atoms with Crippen molar-refractivity contribution in [2.45, 2.75) is 18.6 Å². The Labute approximate surface area is 133 Å². The first-order valence-electron chi connectivity index (χ1n) is 7.15. The minimum absolute atomic E-state index is 0.0638. The van der Waals surface area contributed by atoms with Gasteiger partial charge in [0, 0.05) is 18.7 Å². The number of aliphatic hydroxyl groups excluding tert-OH is 1. The largest absolute Gasteiger partial charge is 0.491 e. The Balaban J connectivity index is 1.66. The molecule has 3 N–H and O–H groups in total. The molecular weight excluding hydrogens is 327 g/mol. The lowest BCUT2D eigenvalue weighted by Gasteiger charge is -2.15. The van der Waals surface area contributed by atoms with Crippen molar-refractivity contribution < 1.29 is 27.4 Å². The van der Waals surface area contributed by atoms with Gasteiger partial charge in [0.05, 0.1) is 11.5 Å². The molecule has 2 rings (SSSR count). The molecule has 1 heterocycles. The molecular formula is C14H19FN2O5S. The number of amides is 2. The first kappa shape index (κ1) is 17.5. The number of hydrogen-bond acceptors (Lipinski definition) is 5. The molecule has 0 radical (unpaired) electrons. The summed E-state index contributed by atoms with van der Waals surface area (Å²) in [5, 5.41) is 14.7. The van der Waals surface area contributed by atoms with Gasteiger partial charge in [-0.1, -0.05) is 6.07 Å². The maximum atomic E-state index is 12.9. The molecule has 9 heteroatoms. The van der Waals surface area contributed by atoms with E-state index in [-0.39, 0.29) is 30.4 Å². The number of carbonyl (C=O) groups excluding carboxylic acids is 1. The Morgan fingerprint density at radius 3 is 2.91 bits per heavy atom. The maximum absolute atomic E-state index is 12.9. The van der Waals surface area contributed by atoms with Crippen molar-refractivity contribution in [3.63, 3.8) is 0 Å². The van der Waals surface area contributed by atoms with E-state index in [0.29, 0.717) is 6.42 Å².